The highest BCUT2D eigenvalue weighted by Crippen LogP contribution is 2.50. The van der Waals surface area contributed by atoms with Crippen LogP contribution in [0, 0.1) is 31.6 Å². The van der Waals surface area contributed by atoms with Crippen LogP contribution in [0.3, 0.4) is 0 Å². The summed E-state index contributed by atoms with van der Waals surface area (Å²) in [5.74, 6) is 4.56. The molecular formula is C31H39N11. The van der Waals surface area contributed by atoms with Gasteiger partial charge < -0.3 is 22.1 Å². The minimum atomic E-state index is 0.178. The third-order valence-corrected chi connectivity index (χ3v) is 8.86. The Hall–Kier alpha value is -4.38. The summed E-state index contributed by atoms with van der Waals surface area (Å²) in [7, 11) is 0. The van der Waals surface area contributed by atoms with Crippen LogP contribution in [0.15, 0.2) is 48.5 Å². The summed E-state index contributed by atoms with van der Waals surface area (Å²) in [6.45, 7) is 7.32. The molecule has 2 saturated carbocycles. The fourth-order valence-corrected chi connectivity index (χ4v) is 6.66. The first-order valence-corrected chi connectivity index (χ1v) is 14.7. The molecule has 0 saturated heterocycles. The van der Waals surface area contributed by atoms with Crippen molar-refractivity contribution < 1.29 is 0 Å². The molecule has 2 aliphatic carbocycles. The van der Waals surface area contributed by atoms with Crippen molar-refractivity contribution >= 4 is 35.2 Å². The number of nitrogen functional groups attached to an aromatic ring is 2. The zero-order chi connectivity index (χ0) is 29.2. The van der Waals surface area contributed by atoms with E-state index in [2.05, 4.69) is 42.4 Å². The van der Waals surface area contributed by atoms with E-state index in [0.29, 0.717) is 42.6 Å². The molecule has 0 spiro atoms. The van der Waals surface area contributed by atoms with Gasteiger partial charge in [-0.2, -0.15) is 29.9 Å². The van der Waals surface area contributed by atoms with Crippen LogP contribution in [0.4, 0.5) is 35.2 Å². The number of nitrogens with one attached hydrogen (secondary N) is 2. The molecule has 218 valence electrons. The van der Waals surface area contributed by atoms with Crippen LogP contribution in [0.5, 0.6) is 0 Å². The fourth-order valence-electron chi connectivity index (χ4n) is 6.66. The van der Waals surface area contributed by atoms with E-state index in [1.165, 1.54) is 25.7 Å². The Kier molecular flexibility index (Phi) is 7.84. The number of nitrogens with two attached hydrogens (primary N) is 2. The van der Waals surface area contributed by atoms with Crippen LogP contribution in [-0.2, 0) is 13.1 Å². The summed E-state index contributed by atoms with van der Waals surface area (Å²) in [6, 6.07) is 16.3. The van der Waals surface area contributed by atoms with Gasteiger partial charge in [0.25, 0.3) is 0 Å². The largest absolute Gasteiger partial charge is 0.368 e. The highest BCUT2D eigenvalue weighted by molar-refractivity contribution is 5.59. The maximum absolute atomic E-state index is 6.17. The Morgan fingerprint density at radius 1 is 0.738 bits per heavy atom. The molecule has 2 aliphatic rings. The molecule has 2 bridgehead atoms. The predicted molar refractivity (Wildman–Crippen MR) is 165 cm³/mol. The topological polar surface area (TPSA) is 157 Å². The Morgan fingerprint density at radius 3 is 1.71 bits per heavy atom. The zero-order valence-electron chi connectivity index (χ0n) is 24.5. The number of aryl methyl sites for hydroxylation is 2. The number of fused-ring (bicyclic) bond motifs is 2. The second-order valence-electron chi connectivity index (χ2n) is 11.7. The fraction of sp³-hybridized carbons (Fsp3) is 0.419. The van der Waals surface area contributed by atoms with Crippen molar-refractivity contribution in [1.29, 1.82) is 0 Å². The maximum Gasteiger partial charge on any atom is 0.232 e. The molecule has 0 amide bonds. The van der Waals surface area contributed by atoms with Crippen LogP contribution in [-0.4, -0.2) is 40.8 Å². The number of benzene rings is 2. The van der Waals surface area contributed by atoms with Gasteiger partial charge in [0.15, 0.2) is 0 Å². The van der Waals surface area contributed by atoms with Crippen molar-refractivity contribution in [3.8, 4) is 0 Å². The van der Waals surface area contributed by atoms with Crippen molar-refractivity contribution in [3.63, 3.8) is 0 Å². The first-order valence-electron chi connectivity index (χ1n) is 14.7. The highest BCUT2D eigenvalue weighted by Gasteiger charge is 2.43. The van der Waals surface area contributed by atoms with Crippen LogP contribution in [0.2, 0.25) is 0 Å². The van der Waals surface area contributed by atoms with Crippen LogP contribution < -0.4 is 22.1 Å². The van der Waals surface area contributed by atoms with Gasteiger partial charge in [0.2, 0.25) is 23.8 Å². The molecule has 4 atom stereocenters. The second-order valence-corrected chi connectivity index (χ2v) is 11.7. The molecule has 6 N–H and O–H groups in total. The van der Waals surface area contributed by atoms with Crippen molar-refractivity contribution in [2.45, 2.75) is 65.6 Å². The third-order valence-electron chi connectivity index (χ3n) is 8.86. The highest BCUT2D eigenvalue weighted by atomic mass is 15.3. The second kappa shape index (κ2) is 11.8. The van der Waals surface area contributed by atoms with Crippen molar-refractivity contribution in [1.82, 2.24) is 34.8 Å². The molecule has 11 heteroatoms. The molecule has 4 aromatic rings. The first-order chi connectivity index (χ1) is 20.3. The van der Waals surface area contributed by atoms with Gasteiger partial charge >= 0.3 is 0 Å². The van der Waals surface area contributed by atoms with E-state index < -0.39 is 0 Å². The van der Waals surface area contributed by atoms with Gasteiger partial charge in [-0.25, -0.2) is 0 Å². The lowest BCUT2D eigenvalue weighted by atomic mass is 9.83. The molecule has 2 aromatic carbocycles. The summed E-state index contributed by atoms with van der Waals surface area (Å²) in [6.07, 6.45) is 5.24. The molecule has 11 nitrogen and oxygen atoms in total. The SMILES string of the molecule is Cc1ccccc1Nc1nc(N)nc(CN(Cc2nc(N)nc(Nc3ccccc3C)n2)[C@@H](C)[C@@H]2C[C@H]3CC[C@H]2C3)n1. The molecule has 0 aliphatic heterocycles. The van der Waals surface area contributed by atoms with Crippen molar-refractivity contribution in [2.75, 3.05) is 22.1 Å². The molecular weight excluding hydrogens is 526 g/mol. The Morgan fingerprint density at radius 2 is 1.26 bits per heavy atom. The molecule has 0 unspecified atom stereocenters. The minimum absolute atomic E-state index is 0.178. The number of hydrogen-bond donors (Lipinski definition) is 4. The number of hydrogen-bond acceptors (Lipinski definition) is 11. The van der Waals surface area contributed by atoms with Gasteiger partial charge in [0.1, 0.15) is 11.6 Å². The lowest BCUT2D eigenvalue weighted by molar-refractivity contribution is 0.100. The van der Waals surface area contributed by atoms with E-state index in [9.17, 15) is 0 Å². The van der Waals surface area contributed by atoms with Crippen molar-refractivity contribution in [3.05, 3.63) is 71.3 Å². The monoisotopic (exact) mass is 565 g/mol. The summed E-state index contributed by atoms with van der Waals surface area (Å²) >= 11 is 0. The lowest BCUT2D eigenvalue weighted by Gasteiger charge is -2.36. The Bertz CT molecular complexity index is 1460. The average molecular weight is 566 g/mol. The third kappa shape index (κ3) is 6.25. The zero-order valence-corrected chi connectivity index (χ0v) is 24.5. The number of nitrogens with zero attached hydrogens (tertiary/aromatic N) is 7. The molecule has 42 heavy (non-hydrogen) atoms. The van der Waals surface area contributed by atoms with Crippen molar-refractivity contribution in [2.24, 2.45) is 17.8 Å². The Balaban J connectivity index is 1.28. The summed E-state index contributed by atoms with van der Waals surface area (Å²) in [5.41, 5.74) is 16.4. The van der Waals surface area contributed by atoms with E-state index in [1.807, 2.05) is 62.4 Å². The van der Waals surface area contributed by atoms with E-state index in [-0.39, 0.29) is 17.9 Å². The molecule has 6 rings (SSSR count). The van der Waals surface area contributed by atoms with Crippen LogP contribution in [0.25, 0.3) is 0 Å². The van der Waals surface area contributed by atoms with Gasteiger partial charge in [-0.15, -0.1) is 0 Å². The molecule has 2 heterocycles. The number of aromatic nitrogens is 6. The number of para-hydroxylation sites is 2. The summed E-state index contributed by atoms with van der Waals surface area (Å²) < 4.78 is 0. The molecule has 2 fully saturated rings. The standard InChI is InChI=1S/C31H39N11/c1-18-8-4-6-10-24(18)34-30-38-26(36-28(32)40-30)16-42(20(3)23-15-21-12-13-22(23)14-21)17-27-37-29(33)41-31(39-27)35-25-11-7-5-9-19(25)2/h4-11,20-23H,12-17H2,1-3H3,(H3,32,34,36,38,40)(H3,33,35,37,39,41)/t20-,21-,22-,23-/m0/s1. The summed E-state index contributed by atoms with van der Waals surface area (Å²) in [4.78, 5) is 29.6. The number of anilines is 6. The molecule has 0 radical (unpaired) electrons. The van der Waals surface area contributed by atoms with Gasteiger partial charge in [-0.05, 0) is 81.0 Å². The van der Waals surface area contributed by atoms with Gasteiger partial charge in [-0.3, -0.25) is 4.90 Å². The average Bonchev–Trinajstić information content (AvgIpc) is 3.59. The van der Waals surface area contributed by atoms with E-state index in [1.54, 1.807) is 0 Å². The maximum atomic E-state index is 6.17. The first kappa shape index (κ1) is 27.8. The van der Waals surface area contributed by atoms with E-state index >= 15 is 0 Å². The van der Waals surface area contributed by atoms with Gasteiger partial charge in [0.05, 0.1) is 13.1 Å². The van der Waals surface area contributed by atoms with Gasteiger partial charge in [-0.1, -0.05) is 42.8 Å². The molecule has 2 aromatic heterocycles. The predicted octanol–water partition coefficient (Wildman–Crippen LogP) is 5.15. The number of rotatable bonds is 10. The van der Waals surface area contributed by atoms with Gasteiger partial charge in [0, 0.05) is 17.4 Å². The van der Waals surface area contributed by atoms with E-state index in [4.69, 9.17) is 21.4 Å². The van der Waals surface area contributed by atoms with Crippen LogP contribution in [0.1, 0.15) is 55.4 Å². The Labute approximate surface area is 246 Å². The van der Waals surface area contributed by atoms with Crippen LogP contribution >= 0.6 is 0 Å². The van der Waals surface area contributed by atoms with E-state index in [0.717, 1.165) is 34.3 Å². The minimum Gasteiger partial charge on any atom is -0.368 e. The quantitative estimate of drug-likeness (QED) is 0.201. The normalized spacial score (nSPS) is 20.1. The lowest BCUT2D eigenvalue weighted by Crippen LogP contribution is -2.40. The summed E-state index contributed by atoms with van der Waals surface area (Å²) in [5, 5.41) is 6.61. The smallest absolute Gasteiger partial charge is 0.232 e.